The largest absolute Gasteiger partial charge is 0.421 e. The zero-order valence-electron chi connectivity index (χ0n) is 28.5. The molecule has 2 heterocycles. The number of amides is 1. The Bertz CT molecular complexity index is 1150. The number of allylic oxidation sites excluding steroid dienone is 1. The van der Waals surface area contributed by atoms with Crippen molar-refractivity contribution in [2.75, 3.05) is 51.5 Å². The number of aryl methyl sites for hydroxylation is 2. The summed E-state index contributed by atoms with van der Waals surface area (Å²) in [5.41, 5.74) is 7.90. The SMILES string of the molecule is C/C(N)=C/N(N)CCOCCOCCOCCC(=O)Nc1cc(-c2nnc(C)o2)cc(-c2nnc(C)o2)c1.CC.CC.CCC. The Morgan fingerprint density at radius 3 is 1.69 bits per heavy atom. The Labute approximate surface area is 267 Å². The summed E-state index contributed by atoms with van der Waals surface area (Å²) in [6.45, 7) is 20.2. The third kappa shape index (κ3) is 18.5. The number of carbonyl (C=O) groups is 1. The topological polar surface area (TPSA) is 190 Å². The van der Waals surface area contributed by atoms with Gasteiger partial charge in [-0.3, -0.25) is 4.79 Å². The van der Waals surface area contributed by atoms with E-state index in [1.807, 2.05) is 27.7 Å². The van der Waals surface area contributed by atoms with Gasteiger partial charge >= 0.3 is 0 Å². The predicted molar refractivity (Wildman–Crippen MR) is 176 cm³/mol. The van der Waals surface area contributed by atoms with Crippen LogP contribution in [0.1, 0.15) is 73.1 Å². The van der Waals surface area contributed by atoms with Crippen molar-refractivity contribution >= 4 is 11.6 Å². The van der Waals surface area contributed by atoms with Gasteiger partial charge in [0.15, 0.2) is 0 Å². The number of nitrogens with zero attached hydrogens (tertiary/aromatic N) is 5. The lowest BCUT2D eigenvalue weighted by molar-refractivity contribution is -0.117. The van der Waals surface area contributed by atoms with E-state index in [-0.39, 0.29) is 18.9 Å². The van der Waals surface area contributed by atoms with Gasteiger partial charge in [0.2, 0.25) is 29.5 Å². The second kappa shape index (κ2) is 25.5. The number of ether oxygens (including phenoxy) is 3. The highest BCUT2D eigenvalue weighted by Gasteiger charge is 2.15. The molecule has 14 heteroatoms. The lowest BCUT2D eigenvalue weighted by Crippen LogP contribution is -2.30. The molecule has 0 aliphatic heterocycles. The molecule has 0 radical (unpaired) electrons. The number of carbonyl (C=O) groups excluding carboxylic acids is 1. The van der Waals surface area contributed by atoms with Crippen LogP contribution in [0.3, 0.4) is 0 Å². The minimum atomic E-state index is -0.223. The lowest BCUT2D eigenvalue weighted by atomic mass is 10.1. The Morgan fingerprint density at radius 2 is 1.27 bits per heavy atom. The summed E-state index contributed by atoms with van der Waals surface area (Å²) in [5, 5.41) is 20.2. The summed E-state index contributed by atoms with van der Waals surface area (Å²) in [5.74, 6) is 6.96. The lowest BCUT2D eigenvalue weighted by Gasteiger charge is -2.14. The first kappa shape index (κ1) is 41.1. The molecule has 3 rings (SSSR count). The highest BCUT2D eigenvalue weighted by Crippen LogP contribution is 2.29. The van der Waals surface area contributed by atoms with Crippen molar-refractivity contribution in [3.8, 4) is 22.9 Å². The summed E-state index contributed by atoms with van der Waals surface area (Å²) in [4.78, 5) is 12.5. The molecule has 1 aromatic carbocycles. The summed E-state index contributed by atoms with van der Waals surface area (Å²) < 4.78 is 27.5. The van der Waals surface area contributed by atoms with Crippen LogP contribution in [0.2, 0.25) is 0 Å². The minimum Gasteiger partial charge on any atom is -0.421 e. The van der Waals surface area contributed by atoms with Gasteiger partial charge in [0.25, 0.3) is 0 Å². The molecule has 0 aliphatic rings. The van der Waals surface area contributed by atoms with Gasteiger partial charge in [0.05, 0.1) is 52.6 Å². The van der Waals surface area contributed by atoms with Crippen molar-refractivity contribution in [2.45, 2.75) is 75.2 Å². The maximum Gasteiger partial charge on any atom is 0.247 e. The molecule has 0 aliphatic carbocycles. The standard InChI is InChI=1S/C24H34N8O6.C3H8.2C2H6/c1-16(25)15-32(26)5-7-35-9-11-36-10-8-34-6-4-22(33)27-21-13-19(23-30-28-17(2)37-23)12-20(14-21)24-31-29-18(3)38-24;1-3-2;2*1-2/h12-15H,4-11,25-26H2,1-3H3,(H,27,33);3H2,1-2H3;2*1-2H3/b16-15-;;;. The fourth-order valence-electron chi connectivity index (χ4n) is 3.20. The van der Waals surface area contributed by atoms with E-state index >= 15 is 0 Å². The van der Waals surface area contributed by atoms with Crippen LogP contribution < -0.4 is 16.9 Å². The molecule has 0 saturated carbocycles. The van der Waals surface area contributed by atoms with Gasteiger partial charge in [-0.05, 0) is 25.1 Å². The number of rotatable bonds is 16. The average molecular weight is 635 g/mol. The van der Waals surface area contributed by atoms with E-state index < -0.39 is 0 Å². The van der Waals surface area contributed by atoms with Gasteiger partial charge in [0.1, 0.15) is 0 Å². The molecule has 0 unspecified atom stereocenters. The van der Waals surface area contributed by atoms with E-state index in [1.165, 1.54) is 11.4 Å². The molecule has 1 amide bonds. The number of aromatic nitrogens is 4. The Kier molecular flexibility index (Phi) is 23.3. The third-order valence-electron chi connectivity index (χ3n) is 4.84. The van der Waals surface area contributed by atoms with Crippen molar-refractivity contribution in [3.63, 3.8) is 0 Å². The highest BCUT2D eigenvalue weighted by molar-refractivity contribution is 5.92. The average Bonchev–Trinajstić information content (AvgIpc) is 3.66. The van der Waals surface area contributed by atoms with E-state index in [0.29, 0.717) is 85.7 Å². The molecule has 0 atom stereocenters. The van der Waals surface area contributed by atoms with Crippen LogP contribution in [-0.2, 0) is 19.0 Å². The molecule has 3 aromatic rings. The Balaban J connectivity index is 0.00000256. The fourth-order valence-corrected chi connectivity index (χ4v) is 3.20. The van der Waals surface area contributed by atoms with Crippen molar-refractivity contribution in [1.82, 2.24) is 25.4 Å². The fraction of sp³-hybridized carbons (Fsp3) is 0.581. The number of hydrogen-bond donors (Lipinski definition) is 3. The molecule has 0 spiro atoms. The van der Waals surface area contributed by atoms with Crippen LogP contribution in [0.15, 0.2) is 38.9 Å². The van der Waals surface area contributed by atoms with Crippen molar-refractivity contribution in [1.29, 1.82) is 0 Å². The van der Waals surface area contributed by atoms with E-state index in [1.54, 1.807) is 45.2 Å². The monoisotopic (exact) mass is 634 g/mol. The zero-order valence-corrected chi connectivity index (χ0v) is 28.5. The predicted octanol–water partition coefficient (Wildman–Crippen LogP) is 5.25. The molecule has 0 saturated heterocycles. The van der Waals surface area contributed by atoms with Crippen molar-refractivity contribution in [3.05, 3.63) is 41.9 Å². The quantitative estimate of drug-likeness (QED) is 0.105. The normalized spacial score (nSPS) is 10.5. The van der Waals surface area contributed by atoms with Crippen LogP contribution in [0.5, 0.6) is 0 Å². The van der Waals surface area contributed by atoms with E-state index in [4.69, 9.17) is 34.6 Å². The number of benzene rings is 1. The van der Waals surface area contributed by atoms with Gasteiger partial charge < -0.3 is 39.1 Å². The summed E-state index contributed by atoms with van der Waals surface area (Å²) in [6.07, 6.45) is 3.05. The van der Waals surface area contributed by atoms with E-state index in [0.717, 1.165) is 0 Å². The van der Waals surface area contributed by atoms with E-state index in [9.17, 15) is 4.79 Å². The molecule has 0 fully saturated rings. The zero-order chi connectivity index (χ0) is 34.0. The second-order valence-electron chi connectivity index (χ2n) is 9.00. The van der Waals surface area contributed by atoms with Gasteiger partial charge in [-0.25, -0.2) is 5.84 Å². The van der Waals surface area contributed by atoms with Crippen LogP contribution in [0, 0.1) is 13.8 Å². The third-order valence-corrected chi connectivity index (χ3v) is 4.84. The first-order chi connectivity index (χ1) is 21.7. The minimum absolute atomic E-state index is 0.161. The smallest absolute Gasteiger partial charge is 0.247 e. The molecule has 5 N–H and O–H groups in total. The summed E-state index contributed by atoms with van der Waals surface area (Å²) in [7, 11) is 0. The van der Waals surface area contributed by atoms with Crippen molar-refractivity contribution < 1.29 is 27.8 Å². The number of hydrazine groups is 1. The van der Waals surface area contributed by atoms with Crippen LogP contribution in [0.25, 0.3) is 22.9 Å². The van der Waals surface area contributed by atoms with Gasteiger partial charge in [-0.15, -0.1) is 20.4 Å². The highest BCUT2D eigenvalue weighted by atomic mass is 16.5. The van der Waals surface area contributed by atoms with Crippen LogP contribution in [0.4, 0.5) is 5.69 Å². The molecule has 254 valence electrons. The Morgan fingerprint density at radius 1 is 0.822 bits per heavy atom. The maximum atomic E-state index is 12.5. The maximum absolute atomic E-state index is 12.5. The first-order valence-electron chi connectivity index (χ1n) is 15.5. The molecular formula is C31H54N8O6. The van der Waals surface area contributed by atoms with Crippen LogP contribution in [-0.4, -0.2) is 77.5 Å². The van der Waals surface area contributed by atoms with Gasteiger partial charge in [0, 0.05) is 42.6 Å². The summed E-state index contributed by atoms with van der Waals surface area (Å²) in [6, 6.07) is 5.24. The first-order valence-corrected chi connectivity index (χ1v) is 15.5. The number of nitrogens with one attached hydrogen (secondary N) is 1. The second-order valence-corrected chi connectivity index (χ2v) is 9.00. The molecule has 45 heavy (non-hydrogen) atoms. The molecule has 0 bridgehead atoms. The van der Waals surface area contributed by atoms with Gasteiger partial charge in [-0.1, -0.05) is 48.0 Å². The van der Waals surface area contributed by atoms with Crippen LogP contribution >= 0.6 is 0 Å². The molecular weight excluding hydrogens is 580 g/mol. The number of hydrogen-bond acceptors (Lipinski definition) is 13. The van der Waals surface area contributed by atoms with E-state index in [2.05, 4.69) is 39.6 Å². The number of anilines is 1. The molecule has 14 nitrogen and oxygen atoms in total. The van der Waals surface area contributed by atoms with Crippen molar-refractivity contribution in [2.24, 2.45) is 11.6 Å². The molecule has 2 aromatic heterocycles. The van der Waals surface area contributed by atoms with Gasteiger partial charge in [-0.2, -0.15) is 0 Å². The Hall–Kier alpha value is -3.85. The number of nitrogens with two attached hydrogens (primary N) is 2. The summed E-state index contributed by atoms with van der Waals surface area (Å²) >= 11 is 0.